The van der Waals surface area contributed by atoms with Gasteiger partial charge in [-0.25, -0.2) is 9.37 Å². The number of rotatable bonds is 3. The van der Waals surface area contributed by atoms with Gasteiger partial charge in [-0.1, -0.05) is 23.2 Å². The van der Waals surface area contributed by atoms with Gasteiger partial charge in [0.25, 0.3) is 11.5 Å². The molecule has 0 spiro atoms. The van der Waals surface area contributed by atoms with Crippen molar-refractivity contribution in [2.75, 3.05) is 26.2 Å². The Kier molecular flexibility index (Phi) is 5.54. The minimum Gasteiger partial charge on any atom is -0.336 e. The highest BCUT2D eigenvalue weighted by Gasteiger charge is 2.24. The molecule has 1 amide bonds. The molecule has 4 rings (SSSR count). The summed E-state index contributed by atoms with van der Waals surface area (Å²) in [6, 6.07) is 8.67. The van der Waals surface area contributed by atoms with Crippen LogP contribution in [0, 0.1) is 5.82 Å². The van der Waals surface area contributed by atoms with Gasteiger partial charge >= 0.3 is 0 Å². The van der Waals surface area contributed by atoms with E-state index in [4.69, 9.17) is 23.2 Å². The molecular formula is C20H17Cl2FN4O2. The number of benzene rings is 1. The topological polar surface area (TPSA) is 57.9 Å². The number of carbonyl (C=O) groups excluding carboxylic acids is 1. The van der Waals surface area contributed by atoms with Crippen molar-refractivity contribution >= 4 is 34.8 Å². The third-order valence-corrected chi connectivity index (χ3v) is 5.42. The van der Waals surface area contributed by atoms with E-state index in [0.29, 0.717) is 54.7 Å². The lowest BCUT2D eigenvalue weighted by molar-refractivity contribution is 0.0627. The van der Waals surface area contributed by atoms with E-state index >= 15 is 0 Å². The molecule has 0 saturated carbocycles. The number of hydrogen-bond acceptors (Lipinski definition) is 4. The Morgan fingerprint density at radius 3 is 2.55 bits per heavy atom. The van der Waals surface area contributed by atoms with Gasteiger partial charge < -0.3 is 4.90 Å². The van der Waals surface area contributed by atoms with E-state index in [0.717, 1.165) is 6.07 Å². The van der Waals surface area contributed by atoms with Crippen LogP contribution in [-0.4, -0.2) is 51.3 Å². The molecule has 3 aromatic rings. The van der Waals surface area contributed by atoms with Crippen LogP contribution >= 0.6 is 23.2 Å². The monoisotopic (exact) mass is 434 g/mol. The summed E-state index contributed by atoms with van der Waals surface area (Å²) in [6.45, 7) is 2.79. The second-order valence-electron chi connectivity index (χ2n) is 6.85. The van der Waals surface area contributed by atoms with Crippen LogP contribution in [0.3, 0.4) is 0 Å². The molecule has 29 heavy (non-hydrogen) atoms. The summed E-state index contributed by atoms with van der Waals surface area (Å²) >= 11 is 11.9. The Bertz CT molecular complexity index is 1140. The zero-order chi connectivity index (χ0) is 20.5. The second-order valence-corrected chi connectivity index (χ2v) is 7.70. The highest BCUT2D eigenvalue weighted by molar-refractivity contribution is 6.33. The van der Waals surface area contributed by atoms with Crippen LogP contribution in [-0.2, 0) is 6.54 Å². The van der Waals surface area contributed by atoms with Gasteiger partial charge in [0, 0.05) is 45.0 Å². The van der Waals surface area contributed by atoms with Crippen LogP contribution in [0.25, 0.3) is 5.65 Å². The third-order valence-electron chi connectivity index (χ3n) is 4.88. The molecule has 0 aliphatic carbocycles. The molecule has 1 aliphatic rings. The Hall–Kier alpha value is -2.48. The average Bonchev–Trinajstić information content (AvgIpc) is 2.69. The molecule has 0 N–H and O–H groups in total. The minimum absolute atomic E-state index is 0.110. The molecule has 0 atom stereocenters. The van der Waals surface area contributed by atoms with Crippen LogP contribution in [0.4, 0.5) is 4.39 Å². The Balaban J connectivity index is 1.42. The molecule has 0 bridgehead atoms. The van der Waals surface area contributed by atoms with Crippen molar-refractivity contribution in [1.29, 1.82) is 0 Å². The Morgan fingerprint density at radius 1 is 1.07 bits per heavy atom. The summed E-state index contributed by atoms with van der Waals surface area (Å²) < 4.78 is 14.6. The summed E-state index contributed by atoms with van der Waals surface area (Å²) in [5.74, 6) is -0.689. The molecule has 1 fully saturated rings. The highest BCUT2D eigenvalue weighted by Crippen LogP contribution is 2.20. The molecule has 1 saturated heterocycles. The lowest BCUT2D eigenvalue weighted by atomic mass is 10.1. The second kappa shape index (κ2) is 8.10. The number of aromatic nitrogens is 2. The molecule has 0 radical (unpaired) electrons. The Labute approximate surface area is 176 Å². The fraction of sp³-hybridized carbons (Fsp3) is 0.250. The fourth-order valence-corrected chi connectivity index (χ4v) is 3.79. The number of piperazine rings is 1. The van der Waals surface area contributed by atoms with Crippen molar-refractivity contribution < 1.29 is 9.18 Å². The number of carbonyl (C=O) groups is 1. The molecule has 1 aromatic carbocycles. The lowest BCUT2D eigenvalue weighted by Gasteiger charge is -2.34. The summed E-state index contributed by atoms with van der Waals surface area (Å²) in [4.78, 5) is 33.3. The van der Waals surface area contributed by atoms with Crippen molar-refractivity contribution in [3.8, 4) is 0 Å². The summed E-state index contributed by atoms with van der Waals surface area (Å²) in [6.07, 6.45) is 1.54. The van der Waals surface area contributed by atoms with E-state index in [1.165, 1.54) is 22.6 Å². The smallest absolute Gasteiger partial charge is 0.258 e. The minimum atomic E-state index is -0.475. The van der Waals surface area contributed by atoms with Crippen molar-refractivity contribution in [2.45, 2.75) is 6.54 Å². The predicted octanol–water partition coefficient (Wildman–Crippen LogP) is 3.10. The standard InChI is InChI=1S/C20H17Cl2FN4O2/c21-13-1-4-18-24-15(10-19(28)27(18)11-13)12-25-5-7-26(8-6-25)20(29)16-3-2-14(23)9-17(16)22/h1-4,9-11H,5-8,12H2. The number of fused-ring (bicyclic) bond motifs is 1. The van der Waals surface area contributed by atoms with Crippen molar-refractivity contribution in [3.05, 3.63) is 80.1 Å². The molecular weight excluding hydrogens is 418 g/mol. The van der Waals surface area contributed by atoms with Crippen LogP contribution in [0.5, 0.6) is 0 Å². The summed E-state index contributed by atoms with van der Waals surface area (Å²) in [5.41, 5.74) is 1.31. The zero-order valence-corrected chi connectivity index (χ0v) is 16.8. The normalized spacial score (nSPS) is 15.1. The van der Waals surface area contributed by atoms with Gasteiger partial charge in [0.1, 0.15) is 11.5 Å². The maximum absolute atomic E-state index is 13.2. The van der Waals surface area contributed by atoms with Gasteiger partial charge in [-0.2, -0.15) is 0 Å². The fourth-order valence-electron chi connectivity index (χ4n) is 3.38. The largest absolute Gasteiger partial charge is 0.336 e. The van der Waals surface area contributed by atoms with Crippen molar-refractivity contribution in [2.24, 2.45) is 0 Å². The third kappa shape index (κ3) is 4.27. The number of pyridine rings is 1. The van der Waals surface area contributed by atoms with Gasteiger partial charge in [0.05, 0.1) is 21.3 Å². The van der Waals surface area contributed by atoms with Crippen LogP contribution in [0.2, 0.25) is 10.0 Å². The number of hydrogen-bond donors (Lipinski definition) is 0. The van der Waals surface area contributed by atoms with E-state index < -0.39 is 5.82 Å². The van der Waals surface area contributed by atoms with E-state index in [2.05, 4.69) is 9.88 Å². The average molecular weight is 435 g/mol. The maximum atomic E-state index is 13.2. The van der Waals surface area contributed by atoms with E-state index in [9.17, 15) is 14.0 Å². The first kappa shape index (κ1) is 19.8. The zero-order valence-electron chi connectivity index (χ0n) is 15.3. The molecule has 6 nitrogen and oxygen atoms in total. The van der Waals surface area contributed by atoms with Gasteiger partial charge in [-0.05, 0) is 30.3 Å². The maximum Gasteiger partial charge on any atom is 0.258 e. The van der Waals surface area contributed by atoms with E-state index in [1.54, 1.807) is 23.2 Å². The van der Waals surface area contributed by atoms with Crippen LogP contribution in [0.1, 0.15) is 16.1 Å². The lowest BCUT2D eigenvalue weighted by Crippen LogP contribution is -2.48. The van der Waals surface area contributed by atoms with E-state index in [-0.39, 0.29) is 16.5 Å². The number of nitrogens with zero attached hydrogens (tertiary/aromatic N) is 4. The van der Waals surface area contributed by atoms with Gasteiger partial charge in [0.2, 0.25) is 0 Å². The van der Waals surface area contributed by atoms with Crippen LogP contribution in [0.15, 0.2) is 47.4 Å². The SMILES string of the molecule is O=C(c1ccc(F)cc1Cl)N1CCN(Cc2cc(=O)n3cc(Cl)ccc3n2)CC1. The molecule has 150 valence electrons. The van der Waals surface area contributed by atoms with Gasteiger partial charge in [0.15, 0.2) is 0 Å². The number of amides is 1. The van der Waals surface area contributed by atoms with Gasteiger partial charge in [-0.3, -0.25) is 18.9 Å². The predicted molar refractivity (Wildman–Crippen MR) is 109 cm³/mol. The first-order valence-corrected chi connectivity index (χ1v) is 9.81. The summed E-state index contributed by atoms with van der Waals surface area (Å²) in [5, 5.41) is 0.578. The molecule has 1 aliphatic heterocycles. The van der Waals surface area contributed by atoms with Crippen molar-refractivity contribution in [1.82, 2.24) is 19.2 Å². The molecule has 3 heterocycles. The first-order valence-electron chi connectivity index (χ1n) is 9.05. The van der Waals surface area contributed by atoms with E-state index in [1.807, 2.05) is 0 Å². The summed E-state index contributed by atoms with van der Waals surface area (Å²) in [7, 11) is 0. The molecule has 9 heteroatoms. The number of halogens is 3. The molecule has 0 unspecified atom stereocenters. The Morgan fingerprint density at radius 2 is 1.83 bits per heavy atom. The van der Waals surface area contributed by atoms with Gasteiger partial charge in [-0.15, -0.1) is 0 Å². The van der Waals surface area contributed by atoms with Crippen molar-refractivity contribution in [3.63, 3.8) is 0 Å². The molecule has 2 aromatic heterocycles. The first-order chi connectivity index (χ1) is 13.9. The highest BCUT2D eigenvalue weighted by atomic mass is 35.5. The van der Waals surface area contributed by atoms with Crippen LogP contribution < -0.4 is 5.56 Å². The quantitative estimate of drug-likeness (QED) is 0.635.